The highest BCUT2D eigenvalue weighted by Gasteiger charge is 2.47. The largest absolute Gasteiger partial charge is 0.468 e. The van der Waals surface area contributed by atoms with Crippen molar-refractivity contribution in [3.8, 4) is 11.5 Å². The first kappa shape index (κ1) is 16.7. The van der Waals surface area contributed by atoms with Gasteiger partial charge >= 0.3 is 0 Å². The van der Waals surface area contributed by atoms with E-state index in [1.807, 2.05) is 0 Å². The molecule has 8 nitrogen and oxygen atoms in total. The van der Waals surface area contributed by atoms with Crippen LogP contribution in [0.5, 0.6) is 11.5 Å². The molecule has 4 aliphatic heterocycles. The number of nitrogens with one attached hydrogen (secondary N) is 1. The van der Waals surface area contributed by atoms with Gasteiger partial charge in [-0.05, 0) is 12.8 Å². The fraction of sp³-hybridized carbons (Fsp3) is 0.500. The van der Waals surface area contributed by atoms with Crippen molar-refractivity contribution in [3.05, 3.63) is 16.1 Å². The number of hydrogen-bond acceptors (Lipinski definition) is 5. The quantitative estimate of drug-likeness (QED) is 0.793. The molecule has 27 heavy (non-hydrogen) atoms. The van der Waals surface area contributed by atoms with E-state index in [2.05, 4.69) is 5.32 Å². The zero-order valence-electron chi connectivity index (χ0n) is 14.7. The number of hydrogen-bond donors (Lipinski definition) is 1. The Morgan fingerprint density at radius 3 is 2.15 bits per heavy atom. The van der Waals surface area contributed by atoms with Crippen molar-refractivity contribution in [2.24, 2.45) is 0 Å². The van der Waals surface area contributed by atoms with Crippen LogP contribution >= 0.6 is 11.6 Å². The number of amides is 3. The van der Waals surface area contributed by atoms with Gasteiger partial charge in [-0.3, -0.25) is 14.4 Å². The van der Waals surface area contributed by atoms with Crippen LogP contribution in [0, 0.1) is 0 Å². The van der Waals surface area contributed by atoms with Crippen LogP contribution in [-0.4, -0.2) is 53.1 Å². The Labute approximate surface area is 160 Å². The van der Waals surface area contributed by atoms with Gasteiger partial charge in [-0.2, -0.15) is 0 Å². The SMILES string of the molecule is CC(=O)Nc1c2c(c(Cl)c3c1C(=O)N1CCCC1O3)C(=O)N1CCCC1O2. The van der Waals surface area contributed by atoms with Gasteiger partial charge in [-0.15, -0.1) is 0 Å². The van der Waals surface area contributed by atoms with E-state index in [0.29, 0.717) is 25.9 Å². The molecule has 2 fully saturated rings. The molecule has 2 saturated heterocycles. The van der Waals surface area contributed by atoms with Crippen molar-refractivity contribution in [1.82, 2.24) is 9.80 Å². The maximum atomic E-state index is 13.1. The summed E-state index contributed by atoms with van der Waals surface area (Å²) in [5, 5.41) is 2.75. The molecule has 0 spiro atoms. The van der Waals surface area contributed by atoms with Crippen LogP contribution in [0.25, 0.3) is 0 Å². The highest BCUT2D eigenvalue weighted by molar-refractivity contribution is 6.37. The lowest BCUT2D eigenvalue weighted by Crippen LogP contribution is -2.46. The van der Waals surface area contributed by atoms with Crippen LogP contribution in [0.1, 0.15) is 53.3 Å². The summed E-state index contributed by atoms with van der Waals surface area (Å²) >= 11 is 6.56. The third-order valence-electron chi connectivity index (χ3n) is 5.50. The van der Waals surface area contributed by atoms with Crippen LogP contribution in [-0.2, 0) is 4.79 Å². The molecule has 0 aliphatic carbocycles. The van der Waals surface area contributed by atoms with Gasteiger partial charge in [-0.25, -0.2) is 0 Å². The van der Waals surface area contributed by atoms with E-state index in [-0.39, 0.29) is 51.1 Å². The lowest BCUT2D eigenvalue weighted by Gasteiger charge is -2.38. The van der Waals surface area contributed by atoms with Crippen LogP contribution in [0.2, 0.25) is 5.02 Å². The number of nitrogens with zero attached hydrogens (tertiary/aromatic N) is 2. The smallest absolute Gasteiger partial charge is 0.262 e. The van der Waals surface area contributed by atoms with Crippen LogP contribution in [0.3, 0.4) is 0 Å². The van der Waals surface area contributed by atoms with Gasteiger partial charge < -0.3 is 24.6 Å². The van der Waals surface area contributed by atoms with Gasteiger partial charge in [0.1, 0.15) is 21.8 Å². The van der Waals surface area contributed by atoms with Crippen LogP contribution in [0.15, 0.2) is 0 Å². The molecule has 2 atom stereocenters. The second-order valence-electron chi connectivity index (χ2n) is 7.20. The summed E-state index contributed by atoms with van der Waals surface area (Å²) in [4.78, 5) is 41.3. The zero-order valence-corrected chi connectivity index (χ0v) is 15.5. The van der Waals surface area contributed by atoms with Crippen molar-refractivity contribution in [2.45, 2.75) is 45.1 Å². The maximum Gasteiger partial charge on any atom is 0.262 e. The van der Waals surface area contributed by atoms with Crippen LogP contribution in [0.4, 0.5) is 5.69 Å². The first-order valence-corrected chi connectivity index (χ1v) is 9.47. The van der Waals surface area contributed by atoms with Gasteiger partial charge in [-0.1, -0.05) is 11.6 Å². The van der Waals surface area contributed by atoms with E-state index < -0.39 is 12.5 Å². The predicted molar refractivity (Wildman–Crippen MR) is 95.1 cm³/mol. The predicted octanol–water partition coefficient (Wildman–Crippen LogP) is 2.21. The molecular weight excluding hydrogens is 374 g/mol. The molecule has 2 unspecified atom stereocenters. The monoisotopic (exact) mass is 391 g/mol. The molecule has 1 N–H and O–H groups in total. The number of fused-ring (bicyclic) bond motifs is 4. The number of benzene rings is 1. The summed E-state index contributed by atoms with van der Waals surface area (Å²) in [5.41, 5.74) is 0.482. The molecular formula is C18H18ClN3O5. The average Bonchev–Trinajstić information content (AvgIpc) is 3.27. The summed E-state index contributed by atoms with van der Waals surface area (Å²) in [6.07, 6.45) is 2.23. The normalized spacial score (nSPS) is 25.3. The van der Waals surface area contributed by atoms with Gasteiger partial charge in [0.2, 0.25) is 5.91 Å². The van der Waals surface area contributed by atoms with Crippen LogP contribution < -0.4 is 14.8 Å². The number of anilines is 1. The van der Waals surface area contributed by atoms with Gasteiger partial charge in [0.05, 0.1) is 0 Å². The molecule has 1 aromatic carbocycles. The fourth-order valence-corrected chi connectivity index (χ4v) is 4.64. The molecule has 1 aromatic rings. The van der Waals surface area contributed by atoms with E-state index >= 15 is 0 Å². The Kier molecular flexibility index (Phi) is 3.56. The summed E-state index contributed by atoms with van der Waals surface area (Å²) in [7, 11) is 0. The molecule has 0 saturated carbocycles. The standard InChI is InChI=1S/C18H18ClN3O5/c1-8(23)20-14-12-15(26-9-4-2-7-22(9)18(12)25)13(19)11-16(14)27-10-5-3-6-21(10)17(11)24/h9-10H,2-7H2,1H3,(H,20,23). The topological polar surface area (TPSA) is 88.2 Å². The summed E-state index contributed by atoms with van der Waals surface area (Å²) in [6.45, 7) is 2.50. The van der Waals surface area contributed by atoms with Crippen molar-refractivity contribution in [3.63, 3.8) is 0 Å². The Morgan fingerprint density at radius 2 is 1.56 bits per heavy atom. The lowest BCUT2D eigenvalue weighted by molar-refractivity contribution is -0.114. The number of carbonyl (C=O) groups excluding carboxylic acids is 3. The zero-order chi connectivity index (χ0) is 18.9. The summed E-state index contributed by atoms with van der Waals surface area (Å²) in [5.74, 6) is -0.582. The molecule has 4 heterocycles. The number of halogens is 1. The molecule has 0 aromatic heterocycles. The van der Waals surface area contributed by atoms with Gasteiger partial charge in [0, 0.05) is 32.9 Å². The van der Waals surface area contributed by atoms with Crippen molar-refractivity contribution in [1.29, 1.82) is 0 Å². The number of carbonyl (C=O) groups is 3. The highest BCUT2D eigenvalue weighted by atomic mass is 35.5. The third-order valence-corrected chi connectivity index (χ3v) is 5.86. The fourth-order valence-electron chi connectivity index (χ4n) is 4.34. The molecule has 0 radical (unpaired) electrons. The first-order valence-electron chi connectivity index (χ1n) is 9.09. The maximum absolute atomic E-state index is 13.1. The highest BCUT2D eigenvalue weighted by Crippen LogP contribution is 2.51. The summed E-state index contributed by atoms with van der Waals surface area (Å²) in [6, 6.07) is 0. The second-order valence-corrected chi connectivity index (χ2v) is 7.58. The second kappa shape index (κ2) is 5.76. The van der Waals surface area contributed by atoms with E-state index in [0.717, 1.165) is 12.8 Å². The third kappa shape index (κ3) is 2.25. The Hall–Kier alpha value is -2.48. The molecule has 142 valence electrons. The Bertz CT molecular complexity index is 902. The molecule has 0 bridgehead atoms. The van der Waals surface area contributed by atoms with Crippen molar-refractivity contribution in [2.75, 3.05) is 18.4 Å². The average molecular weight is 392 g/mol. The Morgan fingerprint density at radius 1 is 1.00 bits per heavy atom. The summed E-state index contributed by atoms with van der Waals surface area (Å²) < 4.78 is 12.0. The first-order chi connectivity index (χ1) is 13.0. The van der Waals surface area contributed by atoms with E-state index in [9.17, 15) is 14.4 Å². The molecule has 3 amide bonds. The minimum absolute atomic E-state index is 0.0735. The Balaban J connectivity index is 1.76. The minimum Gasteiger partial charge on any atom is -0.468 e. The molecule has 9 heteroatoms. The number of ether oxygens (including phenoxy) is 2. The van der Waals surface area contributed by atoms with Gasteiger partial charge in [0.25, 0.3) is 11.8 Å². The van der Waals surface area contributed by atoms with Crippen molar-refractivity contribution >= 4 is 35.0 Å². The minimum atomic E-state index is -0.411. The van der Waals surface area contributed by atoms with E-state index in [4.69, 9.17) is 21.1 Å². The number of rotatable bonds is 1. The van der Waals surface area contributed by atoms with E-state index in [1.54, 1.807) is 9.80 Å². The van der Waals surface area contributed by atoms with Crippen molar-refractivity contribution < 1.29 is 23.9 Å². The lowest BCUT2D eigenvalue weighted by atomic mass is 10.0. The van der Waals surface area contributed by atoms with E-state index in [1.165, 1.54) is 6.92 Å². The molecule has 5 rings (SSSR count). The molecule has 4 aliphatic rings. The van der Waals surface area contributed by atoms with Gasteiger partial charge in [0.15, 0.2) is 24.0 Å².